The maximum Gasteiger partial charge on any atom is 0.249 e. The summed E-state index contributed by atoms with van der Waals surface area (Å²) in [6.45, 7) is 7.31. The highest BCUT2D eigenvalue weighted by Crippen LogP contribution is 2.43. The molecule has 2 heterocycles. The number of hydrogen-bond acceptors (Lipinski definition) is 3. The predicted molar refractivity (Wildman–Crippen MR) is 78.6 cm³/mol. The molecular formula is C16H26N2O3. The van der Waals surface area contributed by atoms with Crippen LogP contribution in [-0.2, 0) is 14.3 Å². The first kappa shape index (κ1) is 14.8. The second-order valence-corrected chi connectivity index (χ2v) is 7.21. The summed E-state index contributed by atoms with van der Waals surface area (Å²) in [6, 6.07) is -0.199. The Morgan fingerprint density at radius 3 is 2.33 bits per heavy atom. The summed E-state index contributed by atoms with van der Waals surface area (Å²) in [5.74, 6) is 0.575. The number of carbonyl (C=O) groups excluding carboxylic acids is 2. The first-order valence-corrected chi connectivity index (χ1v) is 8.17. The van der Waals surface area contributed by atoms with Crippen molar-refractivity contribution in [3.8, 4) is 0 Å². The Hall–Kier alpha value is -1.10. The van der Waals surface area contributed by atoms with Crippen molar-refractivity contribution in [2.24, 2.45) is 11.8 Å². The summed E-state index contributed by atoms with van der Waals surface area (Å²) in [6.07, 6.45) is 3.75. The molecule has 0 aromatic rings. The molecule has 0 aromatic heterocycles. The van der Waals surface area contributed by atoms with E-state index >= 15 is 0 Å². The van der Waals surface area contributed by atoms with E-state index in [4.69, 9.17) is 4.74 Å². The van der Waals surface area contributed by atoms with Gasteiger partial charge in [-0.25, -0.2) is 0 Å². The molecule has 5 heteroatoms. The molecule has 0 aromatic carbocycles. The monoisotopic (exact) mass is 294 g/mol. The van der Waals surface area contributed by atoms with Crippen LogP contribution in [0.3, 0.4) is 0 Å². The molecule has 5 nitrogen and oxygen atoms in total. The van der Waals surface area contributed by atoms with Crippen molar-refractivity contribution in [3.63, 3.8) is 0 Å². The van der Waals surface area contributed by atoms with Gasteiger partial charge >= 0.3 is 0 Å². The number of rotatable bonds is 3. The average molecular weight is 294 g/mol. The maximum atomic E-state index is 13.2. The third-order valence-corrected chi connectivity index (χ3v) is 5.24. The highest BCUT2D eigenvalue weighted by Gasteiger charge is 2.57. The van der Waals surface area contributed by atoms with Gasteiger partial charge in [-0.3, -0.25) is 9.59 Å². The minimum atomic E-state index is -0.694. The van der Waals surface area contributed by atoms with Gasteiger partial charge in [0.2, 0.25) is 11.8 Å². The van der Waals surface area contributed by atoms with Gasteiger partial charge in [-0.15, -0.1) is 0 Å². The van der Waals surface area contributed by atoms with Crippen molar-refractivity contribution in [3.05, 3.63) is 0 Å². The van der Waals surface area contributed by atoms with E-state index in [-0.39, 0.29) is 29.8 Å². The Bertz CT molecular complexity index is 441. The van der Waals surface area contributed by atoms with Crippen LogP contribution in [0.1, 0.15) is 46.5 Å². The van der Waals surface area contributed by atoms with Crippen LogP contribution in [0.2, 0.25) is 0 Å². The molecule has 3 fully saturated rings. The van der Waals surface area contributed by atoms with Crippen molar-refractivity contribution < 1.29 is 14.3 Å². The Labute approximate surface area is 126 Å². The Balaban J connectivity index is 1.92. The molecule has 0 bridgehead atoms. The van der Waals surface area contributed by atoms with Crippen LogP contribution in [0.4, 0.5) is 0 Å². The third-order valence-electron chi connectivity index (χ3n) is 5.24. The largest absolute Gasteiger partial charge is 0.381 e. The van der Waals surface area contributed by atoms with E-state index in [1.165, 1.54) is 0 Å². The molecule has 3 aliphatic rings. The maximum absolute atomic E-state index is 13.2. The highest BCUT2D eigenvalue weighted by atomic mass is 16.5. The van der Waals surface area contributed by atoms with Gasteiger partial charge in [0.05, 0.1) is 0 Å². The molecule has 2 atom stereocenters. The minimum Gasteiger partial charge on any atom is -0.381 e. The van der Waals surface area contributed by atoms with E-state index in [0.717, 1.165) is 25.7 Å². The Morgan fingerprint density at radius 2 is 1.81 bits per heavy atom. The summed E-state index contributed by atoms with van der Waals surface area (Å²) in [7, 11) is 0. The van der Waals surface area contributed by atoms with Gasteiger partial charge < -0.3 is 15.0 Å². The lowest BCUT2D eigenvalue weighted by Gasteiger charge is -2.50. The standard InChI is InChI=1S/C16H26N2O3/c1-10(2)13-14(19)17-16(3,11-4-5-11)15(20)18(13)12-6-8-21-9-7-12/h10-13H,4-9H2,1-3H3,(H,17,19). The van der Waals surface area contributed by atoms with Gasteiger partial charge in [0.1, 0.15) is 11.6 Å². The number of hydrogen-bond donors (Lipinski definition) is 1. The van der Waals surface area contributed by atoms with E-state index in [1.54, 1.807) is 0 Å². The zero-order chi connectivity index (χ0) is 15.2. The predicted octanol–water partition coefficient (Wildman–Crippen LogP) is 1.32. The Morgan fingerprint density at radius 1 is 1.19 bits per heavy atom. The van der Waals surface area contributed by atoms with E-state index in [9.17, 15) is 9.59 Å². The summed E-state index contributed by atoms with van der Waals surface area (Å²) in [4.78, 5) is 27.7. The molecule has 2 amide bonds. The number of ether oxygens (including phenoxy) is 1. The molecule has 0 radical (unpaired) electrons. The first-order chi connectivity index (χ1) is 9.95. The third kappa shape index (κ3) is 2.45. The first-order valence-electron chi connectivity index (χ1n) is 8.17. The zero-order valence-corrected chi connectivity index (χ0v) is 13.2. The SMILES string of the molecule is CC(C)C1C(=O)NC(C)(C2CC2)C(=O)N1C1CCOCC1. The van der Waals surface area contributed by atoms with Crippen LogP contribution in [0.15, 0.2) is 0 Å². The van der Waals surface area contributed by atoms with Crippen LogP contribution in [0.5, 0.6) is 0 Å². The van der Waals surface area contributed by atoms with Crippen molar-refractivity contribution in [2.45, 2.75) is 64.1 Å². The molecule has 2 aliphatic heterocycles. The van der Waals surface area contributed by atoms with Crippen molar-refractivity contribution >= 4 is 11.8 Å². The second kappa shape index (κ2) is 5.27. The second-order valence-electron chi connectivity index (χ2n) is 7.21. The smallest absolute Gasteiger partial charge is 0.249 e. The Kier molecular flexibility index (Phi) is 3.72. The molecule has 2 unspecified atom stereocenters. The summed E-state index contributed by atoms with van der Waals surface area (Å²) < 4.78 is 5.42. The van der Waals surface area contributed by atoms with E-state index < -0.39 is 5.54 Å². The molecule has 1 N–H and O–H groups in total. The fourth-order valence-corrected chi connectivity index (χ4v) is 3.82. The van der Waals surface area contributed by atoms with Crippen molar-refractivity contribution in [1.29, 1.82) is 0 Å². The number of carbonyl (C=O) groups is 2. The van der Waals surface area contributed by atoms with Gasteiger partial charge in [-0.05, 0) is 44.4 Å². The minimum absolute atomic E-state index is 0.0190. The van der Waals surface area contributed by atoms with E-state index in [0.29, 0.717) is 19.1 Å². The van der Waals surface area contributed by atoms with Gasteiger partial charge in [-0.1, -0.05) is 13.8 Å². The van der Waals surface area contributed by atoms with Crippen LogP contribution in [0.25, 0.3) is 0 Å². The number of piperazine rings is 1. The molecule has 1 aliphatic carbocycles. The summed E-state index contributed by atoms with van der Waals surface area (Å²) in [5, 5.41) is 3.04. The lowest BCUT2D eigenvalue weighted by atomic mass is 9.84. The van der Waals surface area contributed by atoms with Gasteiger partial charge in [0.15, 0.2) is 0 Å². The number of nitrogens with one attached hydrogen (secondary N) is 1. The summed E-state index contributed by atoms with van der Waals surface area (Å²) in [5.41, 5.74) is -0.694. The molecule has 3 rings (SSSR count). The lowest BCUT2D eigenvalue weighted by molar-refractivity contribution is -0.162. The topological polar surface area (TPSA) is 58.6 Å². The van der Waals surface area contributed by atoms with Crippen molar-refractivity contribution in [2.75, 3.05) is 13.2 Å². The van der Waals surface area contributed by atoms with Gasteiger partial charge in [0, 0.05) is 19.3 Å². The fourth-order valence-electron chi connectivity index (χ4n) is 3.82. The molecule has 21 heavy (non-hydrogen) atoms. The molecule has 118 valence electrons. The highest BCUT2D eigenvalue weighted by molar-refractivity contribution is 6.00. The quantitative estimate of drug-likeness (QED) is 0.854. The number of nitrogens with zero attached hydrogens (tertiary/aromatic N) is 1. The summed E-state index contributed by atoms with van der Waals surface area (Å²) >= 11 is 0. The van der Waals surface area contributed by atoms with Gasteiger partial charge in [0.25, 0.3) is 0 Å². The van der Waals surface area contributed by atoms with E-state index in [1.807, 2.05) is 25.7 Å². The van der Waals surface area contributed by atoms with Crippen LogP contribution in [0, 0.1) is 11.8 Å². The average Bonchev–Trinajstić information content (AvgIpc) is 3.28. The van der Waals surface area contributed by atoms with Gasteiger partial charge in [-0.2, -0.15) is 0 Å². The fraction of sp³-hybridized carbons (Fsp3) is 0.875. The zero-order valence-electron chi connectivity index (χ0n) is 13.2. The molecular weight excluding hydrogens is 268 g/mol. The molecule has 2 saturated heterocycles. The number of amides is 2. The molecule has 0 spiro atoms. The normalized spacial score (nSPS) is 35.2. The van der Waals surface area contributed by atoms with Crippen molar-refractivity contribution in [1.82, 2.24) is 10.2 Å². The van der Waals surface area contributed by atoms with Crippen LogP contribution >= 0.6 is 0 Å². The van der Waals surface area contributed by atoms with E-state index in [2.05, 4.69) is 5.32 Å². The van der Waals surface area contributed by atoms with Crippen LogP contribution < -0.4 is 5.32 Å². The van der Waals surface area contributed by atoms with Crippen LogP contribution in [-0.4, -0.2) is 47.6 Å². The molecule has 1 saturated carbocycles. The lowest BCUT2D eigenvalue weighted by Crippen LogP contribution is -2.73.